The van der Waals surface area contributed by atoms with Gasteiger partial charge in [0.2, 0.25) is 0 Å². The van der Waals surface area contributed by atoms with Crippen LogP contribution < -0.4 is 10.6 Å². The van der Waals surface area contributed by atoms with Gasteiger partial charge >= 0.3 is 0 Å². The first-order chi connectivity index (χ1) is 8.65. The van der Waals surface area contributed by atoms with Gasteiger partial charge in [-0.1, -0.05) is 0 Å². The van der Waals surface area contributed by atoms with Crippen LogP contribution in [0.4, 0.5) is 5.82 Å². The highest BCUT2D eigenvalue weighted by molar-refractivity contribution is 9.10. The summed E-state index contributed by atoms with van der Waals surface area (Å²) in [6, 6.07) is 3.84. The van der Waals surface area contributed by atoms with E-state index in [1.54, 1.807) is 0 Å². The van der Waals surface area contributed by atoms with Crippen LogP contribution in [0.1, 0.15) is 18.5 Å². The fourth-order valence-electron chi connectivity index (χ4n) is 1.79. The van der Waals surface area contributed by atoms with Crippen molar-refractivity contribution in [3.05, 3.63) is 22.3 Å². The van der Waals surface area contributed by atoms with Crippen molar-refractivity contribution in [2.75, 3.05) is 18.5 Å². The van der Waals surface area contributed by atoms with E-state index < -0.39 is 0 Å². The molecule has 1 saturated heterocycles. The van der Waals surface area contributed by atoms with Crippen LogP contribution in [0.5, 0.6) is 0 Å². The zero-order chi connectivity index (χ0) is 13.0. The molecule has 1 aliphatic rings. The van der Waals surface area contributed by atoms with Crippen LogP contribution in [0.25, 0.3) is 0 Å². The zero-order valence-corrected chi connectivity index (χ0v) is 12.6. The highest BCUT2D eigenvalue weighted by Crippen LogP contribution is 2.16. The summed E-state index contributed by atoms with van der Waals surface area (Å²) in [5.41, 5.74) is 0.932. The predicted octanol–water partition coefficient (Wildman–Crippen LogP) is 2.62. The number of halogens is 1. The maximum Gasteiger partial charge on any atom is 0.172 e. The third-order valence-electron chi connectivity index (χ3n) is 2.78. The Hall–Kier alpha value is -0.720. The number of anilines is 1. The summed E-state index contributed by atoms with van der Waals surface area (Å²) in [5.74, 6) is 0.751. The third kappa shape index (κ3) is 3.90. The third-order valence-corrected chi connectivity index (χ3v) is 3.86. The molecule has 0 bridgehead atoms. The van der Waals surface area contributed by atoms with Crippen LogP contribution in [0.2, 0.25) is 0 Å². The van der Waals surface area contributed by atoms with Gasteiger partial charge in [0, 0.05) is 17.6 Å². The zero-order valence-electron chi connectivity index (χ0n) is 10.2. The molecule has 0 aliphatic carbocycles. The maximum atomic E-state index is 5.52. The average molecular weight is 330 g/mol. The number of thiocarbonyl (C=S) groups is 1. The van der Waals surface area contributed by atoms with Gasteiger partial charge in [0.15, 0.2) is 5.11 Å². The number of aromatic nitrogens is 1. The highest BCUT2D eigenvalue weighted by Gasteiger charge is 2.15. The molecule has 2 N–H and O–H groups in total. The van der Waals surface area contributed by atoms with Gasteiger partial charge in [0.1, 0.15) is 5.82 Å². The van der Waals surface area contributed by atoms with Crippen molar-refractivity contribution >= 4 is 39.1 Å². The summed E-state index contributed by atoms with van der Waals surface area (Å²) in [5, 5.41) is 6.80. The van der Waals surface area contributed by atoms with Gasteiger partial charge in [-0.05, 0) is 60.0 Å². The van der Waals surface area contributed by atoms with Crippen molar-refractivity contribution in [1.29, 1.82) is 0 Å². The Labute approximate surface area is 121 Å². The van der Waals surface area contributed by atoms with Crippen molar-refractivity contribution < 1.29 is 4.74 Å². The lowest BCUT2D eigenvalue weighted by Crippen LogP contribution is -2.35. The highest BCUT2D eigenvalue weighted by atomic mass is 79.9. The van der Waals surface area contributed by atoms with Crippen molar-refractivity contribution in [2.24, 2.45) is 0 Å². The van der Waals surface area contributed by atoms with Crippen LogP contribution in [-0.2, 0) is 4.74 Å². The number of pyridine rings is 1. The minimum Gasteiger partial charge on any atom is -0.376 e. The van der Waals surface area contributed by atoms with Gasteiger partial charge in [0.05, 0.1) is 11.8 Å². The number of rotatable bonds is 3. The van der Waals surface area contributed by atoms with E-state index in [0.717, 1.165) is 42.0 Å². The molecule has 1 aromatic heterocycles. The van der Waals surface area contributed by atoms with E-state index >= 15 is 0 Å². The summed E-state index contributed by atoms with van der Waals surface area (Å²) >= 11 is 8.63. The number of nitrogens with one attached hydrogen (secondary N) is 2. The van der Waals surface area contributed by atoms with Crippen molar-refractivity contribution in [3.8, 4) is 0 Å². The van der Waals surface area contributed by atoms with Crippen molar-refractivity contribution in [2.45, 2.75) is 25.9 Å². The van der Waals surface area contributed by atoms with E-state index in [4.69, 9.17) is 17.0 Å². The summed E-state index contributed by atoms with van der Waals surface area (Å²) in [6.45, 7) is 3.56. The molecule has 0 saturated carbocycles. The van der Waals surface area contributed by atoms with Crippen LogP contribution in [0.15, 0.2) is 16.6 Å². The lowest BCUT2D eigenvalue weighted by Gasteiger charge is -2.13. The number of ether oxygens (including phenoxy) is 1. The second-order valence-corrected chi connectivity index (χ2v) is 5.50. The molecule has 6 heteroatoms. The topological polar surface area (TPSA) is 46.2 Å². The molecule has 0 spiro atoms. The molecule has 1 unspecified atom stereocenters. The average Bonchev–Trinajstić information content (AvgIpc) is 2.84. The Morgan fingerprint density at radius 2 is 2.44 bits per heavy atom. The van der Waals surface area contributed by atoms with E-state index in [1.165, 1.54) is 0 Å². The van der Waals surface area contributed by atoms with E-state index in [-0.39, 0.29) is 6.10 Å². The molecule has 1 fully saturated rings. The number of nitrogens with zero attached hydrogens (tertiary/aromatic N) is 1. The smallest absolute Gasteiger partial charge is 0.172 e. The molecule has 1 aromatic rings. The van der Waals surface area contributed by atoms with Crippen LogP contribution in [0, 0.1) is 6.92 Å². The lowest BCUT2D eigenvalue weighted by atomic mass is 10.2. The minimum absolute atomic E-state index is 0.282. The maximum absolute atomic E-state index is 5.52. The van der Waals surface area contributed by atoms with Gasteiger partial charge in [-0.2, -0.15) is 0 Å². The fourth-order valence-corrected chi connectivity index (χ4v) is 2.19. The summed E-state index contributed by atoms with van der Waals surface area (Å²) in [4.78, 5) is 4.38. The summed E-state index contributed by atoms with van der Waals surface area (Å²) < 4.78 is 6.51. The van der Waals surface area contributed by atoms with Gasteiger partial charge in [-0.3, -0.25) is 0 Å². The molecule has 1 atom stereocenters. The molecule has 0 radical (unpaired) electrons. The summed E-state index contributed by atoms with van der Waals surface area (Å²) in [6.07, 6.45) is 2.52. The van der Waals surface area contributed by atoms with E-state index in [2.05, 4.69) is 31.5 Å². The largest absolute Gasteiger partial charge is 0.376 e. The molecule has 2 rings (SSSR count). The monoisotopic (exact) mass is 329 g/mol. The first kappa shape index (κ1) is 13.7. The van der Waals surface area contributed by atoms with Gasteiger partial charge in [-0.15, -0.1) is 0 Å². The first-order valence-corrected chi connectivity index (χ1v) is 7.15. The Morgan fingerprint density at radius 3 is 3.11 bits per heavy atom. The van der Waals surface area contributed by atoms with Crippen LogP contribution in [-0.4, -0.2) is 29.4 Å². The Morgan fingerprint density at radius 1 is 1.61 bits per heavy atom. The van der Waals surface area contributed by atoms with Gasteiger partial charge < -0.3 is 15.4 Å². The standard InChI is InChI=1S/C12H16BrN3OS/c1-8-10(13)4-5-11(15-8)16-12(18)14-7-9-3-2-6-17-9/h4-5,9H,2-3,6-7H2,1H3,(H2,14,15,16,18). The van der Waals surface area contributed by atoms with Crippen LogP contribution in [0.3, 0.4) is 0 Å². The molecular weight excluding hydrogens is 314 g/mol. The number of aryl methyl sites for hydroxylation is 1. The van der Waals surface area contributed by atoms with E-state index in [0.29, 0.717) is 5.11 Å². The summed E-state index contributed by atoms with van der Waals surface area (Å²) in [7, 11) is 0. The molecule has 0 aromatic carbocycles. The molecule has 18 heavy (non-hydrogen) atoms. The second kappa shape index (κ2) is 6.45. The molecule has 0 amide bonds. The van der Waals surface area contributed by atoms with Crippen molar-refractivity contribution in [3.63, 3.8) is 0 Å². The molecular formula is C12H16BrN3OS. The van der Waals surface area contributed by atoms with Gasteiger partial charge in [-0.25, -0.2) is 4.98 Å². The lowest BCUT2D eigenvalue weighted by molar-refractivity contribution is 0.114. The number of hydrogen-bond acceptors (Lipinski definition) is 3. The normalized spacial score (nSPS) is 18.7. The van der Waals surface area contributed by atoms with Gasteiger partial charge in [0.25, 0.3) is 0 Å². The minimum atomic E-state index is 0.282. The van der Waals surface area contributed by atoms with E-state index in [9.17, 15) is 0 Å². The predicted molar refractivity (Wildman–Crippen MR) is 79.9 cm³/mol. The quantitative estimate of drug-likeness (QED) is 0.835. The Balaban J connectivity index is 1.80. The molecule has 98 valence electrons. The SMILES string of the molecule is Cc1nc(NC(=S)NCC2CCCO2)ccc1Br. The fraction of sp³-hybridized carbons (Fsp3) is 0.500. The van der Waals surface area contributed by atoms with Crippen molar-refractivity contribution in [1.82, 2.24) is 10.3 Å². The molecule has 2 heterocycles. The first-order valence-electron chi connectivity index (χ1n) is 5.95. The second-order valence-electron chi connectivity index (χ2n) is 4.23. The van der Waals surface area contributed by atoms with Crippen LogP contribution >= 0.6 is 28.1 Å². The van der Waals surface area contributed by atoms with E-state index in [1.807, 2.05) is 19.1 Å². The Kier molecular flexibility index (Phi) is 4.91. The molecule has 1 aliphatic heterocycles. The molecule has 4 nitrogen and oxygen atoms in total. The Bertz CT molecular complexity index is 435. The number of hydrogen-bond donors (Lipinski definition) is 2.